The van der Waals surface area contributed by atoms with E-state index in [0.717, 1.165) is 32.4 Å². The third-order valence-corrected chi connectivity index (χ3v) is 2.39. The number of nitrogens with one attached hydrogen (secondary N) is 1. The van der Waals surface area contributed by atoms with Gasteiger partial charge in [0.1, 0.15) is 0 Å². The molecule has 0 amide bonds. The largest absolute Gasteiger partial charge is 0.393 e. The molecular formula is C12H25NO. The molecule has 0 bridgehead atoms. The Labute approximate surface area is 88.4 Å². The van der Waals surface area contributed by atoms with Gasteiger partial charge < -0.3 is 10.4 Å². The van der Waals surface area contributed by atoms with Crippen molar-refractivity contribution in [1.29, 1.82) is 0 Å². The van der Waals surface area contributed by atoms with E-state index < -0.39 is 0 Å². The molecule has 0 aliphatic rings. The topological polar surface area (TPSA) is 32.3 Å². The van der Waals surface area contributed by atoms with Gasteiger partial charge in [-0.1, -0.05) is 19.4 Å². The van der Waals surface area contributed by atoms with Crippen molar-refractivity contribution in [1.82, 2.24) is 5.32 Å². The number of aliphatic hydroxyl groups excluding tert-OH is 1. The van der Waals surface area contributed by atoms with Crippen molar-refractivity contribution in [2.24, 2.45) is 0 Å². The Morgan fingerprint density at radius 1 is 1.29 bits per heavy atom. The average molecular weight is 199 g/mol. The van der Waals surface area contributed by atoms with Gasteiger partial charge in [0.15, 0.2) is 0 Å². The highest BCUT2D eigenvalue weighted by Gasteiger charge is 1.98. The lowest BCUT2D eigenvalue weighted by molar-refractivity contribution is 0.160. The summed E-state index contributed by atoms with van der Waals surface area (Å²) in [5.41, 5.74) is 0. The maximum absolute atomic E-state index is 9.28. The summed E-state index contributed by atoms with van der Waals surface area (Å²) in [5, 5.41) is 12.6. The lowest BCUT2D eigenvalue weighted by atomic mass is 10.2. The van der Waals surface area contributed by atoms with Crippen LogP contribution < -0.4 is 5.32 Å². The van der Waals surface area contributed by atoms with Gasteiger partial charge in [0.05, 0.1) is 6.10 Å². The number of unbranched alkanes of at least 4 members (excludes halogenated alkanes) is 3. The van der Waals surface area contributed by atoms with Gasteiger partial charge in [0, 0.05) is 0 Å². The molecule has 0 saturated carbocycles. The van der Waals surface area contributed by atoms with Gasteiger partial charge >= 0.3 is 0 Å². The van der Waals surface area contributed by atoms with Crippen LogP contribution in [0.4, 0.5) is 0 Å². The molecule has 0 aliphatic heterocycles. The van der Waals surface area contributed by atoms with Crippen molar-refractivity contribution in [2.75, 3.05) is 13.1 Å². The first kappa shape index (κ1) is 13.7. The van der Waals surface area contributed by atoms with Crippen molar-refractivity contribution in [2.45, 2.75) is 51.6 Å². The molecule has 0 rings (SSSR count). The summed E-state index contributed by atoms with van der Waals surface area (Å²) < 4.78 is 0. The fourth-order valence-corrected chi connectivity index (χ4v) is 1.31. The van der Waals surface area contributed by atoms with Crippen LogP contribution in [-0.2, 0) is 0 Å². The monoisotopic (exact) mass is 199 g/mol. The minimum atomic E-state index is -0.122. The normalized spacial score (nSPS) is 12.7. The molecule has 0 aromatic carbocycles. The van der Waals surface area contributed by atoms with E-state index in [4.69, 9.17) is 0 Å². The molecule has 0 aromatic rings. The SMILES string of the molecule is C=CCCCCCNCCC(O)CC. The first-order valence-electron chi connectivity index (χ1n) is 5.81. The summed E-state index contributed by atoms with van der Waals surface area (Å²) in [4.78, 5) is 0. The zero-order valence-electron chi connectivity index (χ0n) is 9.47. The molecule has 0 aromatic heterocycles. The van der Waals surface area contributed by atoms with E-state index in [1.807, 2.05) is 13.0 Å². The second kappa shape index (κ2) is 10.7. The third kappa shape index (κ3) is 9.75. The molecule has 2 N–H and O–H groups in total. The van der Waals surface area contributed by atoms with Gasteiger partial charge in [-0.2, -0.15) is 0 Å². The quantitative estimate of drug-likeness (QED) is 0.418. The number of allylic oxidation sites excluding steroid dienone is 1. The second-order valence-corrected chi connectivity index (χ2v) is 3.74. The van der Waals surface area contributed by atoms with Crippen LogP contribution in [-0.4, -0.2) is 24.3 Å². The van der Waals surface area contributed by atoms with Crippen molar-refractivity contribution >= 4 is 0 Å². The predicted octanol–water partition coefficient (Wildman–Crippen LogP) is 2.48. The molecule has 1 atom stereocenters. The highest BCUT2D eigenvalue weighted by Crippen LogP contribution is 1.99. The van der Waals surface area contributed by atoms with E-state index in [9.17, 15) is 5.11 Å². The van der Waals surface area contributed by atoms with E-state index >= 15 is 0 Å². The lowest BCUT2D eigenvalue weighted by Crippen LogP contribution is -2.21. The van der Waals surface area contributed by atoms with Gasteiger partial charge in [0.2, 0.25) is 0 Å². The molecular weight excluding hydrogens is 174 g/mol. The van der Waals surface area contributed by atoms with E-state index in [0.29, 0.717) is 0 Å². The van der Waals surface area contributed by atoms with Crippen LogP contribution in [0.5, 0.6) is 0 Å². The number of hydrogen-bond acceptors (Lipinski definition) is 2. The zero-order valence-corrected chi connectivity index (χ0v) is 9.47. The zero-order chi connectivity index (χ0) is 10.6. The summed E-state index contributed by atoms with van der Waals surface area (Å²) >= 11 is 0. The second-order valence-electron chi connectivity index (χ2n) is 3.74. The van der Waals surface area contributed by atoms with Crippen LogP contribution in [0.1, 0.15) is 45.4 Å². The molecule has 2 heteroatoms. The predicted molar refractivity (Wildman–Crippen MR) is 62.4 cm³/mol. The van der Waals surface area contributed by atoms with Crippen LogP contribution >= 0.6 is 0 Å². The van der Waals surface area contributed by atoms with Gasteiger partial charge in [-0.25, -0.2) is 0 Å². The Morgan fingerprint density at radius 2 is 2.07 bits per heavy atom. The Balaban J connectivity index is 2.95. The number of rotatable bonds is 10. The summed E-state index contributed by atoms with van der Waals surface area (Å²) in [6.45, 7) is 7.73. The molecule has 1 unspecified atom stereocenters. The summed E-state index contributed by atoms with van der Waals surface area (Å²) in [6, 6.07) is 0. The van der Waals surface area contributed by atoms with Crippen LogP contribution in [0.15, 0.2) is 12.7 Å². The summed E-state index contributed by atoms with van der Waals surface area (Å²) in [6.07, 6.45) is 8.49. The minimum Gasteiger partial charge on any atom is -0.393 e. The molecule has 0 saturated heterocycles. The van der Waals surface area contributed by atoms with E-state index in [1.165, 1.54) is 19.3 Å². The highest BCUT2D eigenvalue weighted by atomic mass is 16.3. The van der Waals surface area contributed by atoms with Gasteiger partial charge in [0.25, 0.3) is 0 Å². The average Bonchev–Trinajstić information content (AvgIpc) is 2.21. The molecule has 0 fully saturated rings. The first-order valence-corrected chi connectivity index (χ1v) is 5.81. The van der Waals surface area contributed by atoms with Crippen LogP contribution in [0, 0.1) is 0 Å². The van der Waals surface area contributed by atoms with Crippen molar-refractivity contribution in [3.8, 4) is 0 Å². The van der Waals surface area contributed by atoms with Crippen molar-refractivity contribution in [3.05, 3.63) is 12.7 Å². The maximum Gasteiger partial charge on any atom is 0.0549 e. The van der Waals surface area contributed by atoms with Crippen molar-refractivity contribution < 1.29 is 5.11 Å². The fraction of sp³-hybridized carbons (Fsp3) is 0.833. The first-order chi connectivity index (χ1) is 6.81. The Hall–Kier alpha value is -0.340. The lowest BCUT2D eigenvalue weighted by Gasteiger charge is -2.08. The molecule has 2 nitrogen and oxygen atoms in total. The molecule has 14 heavy (non-hydrogen) atoms. The van der Waals surface area contributed by atoms with Gasteiger partial charge in [-0.3, -0.25) is 0 Å². The summed E-state index contributed by atoms with van der Waals surface area (Å²) in [5.74, 6) is 0. The molecule has 0 heterocycles. The molecule has 84 valence electrons. The Bertz CT molecular complexity index is 125. The highest BCUT2D eigenvalue weighted by molar-refractivity contribution is 4.65. The van der Waals surface area contributed by atoms with Gasteiger partial charge in [-0.05, 0) is 45.2 Å². The molecule has 0 spiro atoms. The van der Waals surface area contributed by atoms with Crippen LogP contribution in [0.3, 0.4) is 0 Å². The maximum atomic E-state index is 9.28. The van der Waals surface area contributed by atoms with Crippen LogP contribution in [0.25, 0.3) is 0 Å². The fourth-order valence-electron chi connectivity index (χ4n) is 1.31. The Morgan fingerprint density at radius 3 is 2.71 bits per heavy atom. The smallest absolute Gasteiger partial charge is 0.0549 e. The number of hydrogen-bond donors (Lipinski definition) is 2. The summed E-state index contributed by atoms with van der Waals surface area (Å²) in [7, 11) is 0. The Kier molecular flexibility index (Phi) is 10.5. The third-order valence-electron chi connectivity index (χ3n) is 2.39. The van der Waals surface area contributed by atoms with Crippen molar-refractivity contribution in [3.63, 3.8) is 0 Å². The molecule has 0 aliphatic carbocycles. The minimum absolute atomic E-state index is 0.122. The van der Waals surface area contributed by atoms with Gasteiger partial charge in [-0.15, -0.1) is 6.58 Å². The molecule has 0 radical (unpaired) electrons. The van der Waals surface area contributed by atoms with E-state index in [2.05, 4.69) is 11.9 Å². The van der Waals surface area contributed by atoms with Crippen LogP contribution in [0.2, 0.25) is 0 Å². The van der Waals surface area contributed by atoms with E-state index in [1.54, 1.807) is 0 Å². The standard InChI is InChI=1S/C12H25NO/c1-3-5-6-7-8-10-13-11-9-12(14)4-2/h3,12-14H,1,4-11H2,2H3. The number of aliphatic hydroxyl groups is 1. The van der Waals surface area contributed by atoms with E-state index in [-0.39, 0.29) is 6.10 Å².